The lowest BCUT2D eigenvalue weighted by Gasteiger charge is -2.32. The number of aliphatic hydroxyl groups is 1. The summed E-state index contributed by atoms with van der Waals surface area (Å²) in [5.41, 5.74) is 2.75. The molecule has 0 aromatic carbocycles. The summed E-state index contributed by atoms with van der Waals surface area (Å²) in [6.07, 6.45) is 4.45. The Morgan fingerprint density at radius 2 is 1.69 bits per heavy atom. The highest BCUT2D eigenvalue weighted by molar-refractivity contribution is 8.08. The van der Waals surface area contributed by atoms with E-state index in [0.29, 0.717) is 0 Å². The molecule has 0 aromatic heterocycles. The van der Waals surface area contributed by atoms with Crippen molar-refractivity contribution in [1.82, 2.24) is 0 Å². The second-order valence-electron chi connectivity index (χ2n) is 6.91. The van der Waals surface area contributed by atoms with E-state index in [0.717, 1.165) is 0 Å². The molecule has 2 aliphatic rings. The van der Waals surface area contributed by atoms with Gasteiger partial charge in [-0.05, 0) is 22.0 Å². The van der Waals surface area contributed by atoms with Gasteiger partial charge in [0.25, 0.3) is 0 Å². The lowest BCUT2D eigenvalue weighted by molar-refractivity contribution is 0.186. The van der Waals surface area contributed by atoms with Crippen LogP contribution in [0.1, 0.15) is 41.5 Å². The molecule has 0 spiro atoms. The molecule has 16 heavy (non-hydrogen) atoms. The van der Waals surface area contributed by atoms with E-state index in [1.165, 1.54) is 11.1 Å². The number of fused-ring (bicyclic) bond motifs is 1. The predicted molar refractivity (Wildman–Crippen MR) is 71.4 cm³/mol. The highest BCUT2D eigenvalue weighted by Crippen LogP contribution is 2.63. The third kappa shape index (κ3) is 1.86. The minimum absolute atomic E-state index is 0.0429. The second kappa shape index (κ2) is 3.17. The Morgan fingerprint density at radius 3 is 2.12 bits per heavy atom. The lowest BCUT2D eigenvalue weighted by Crippen LogP contribution is -2.30. The molecular formula is C14H22OS. The van der Waals surface area contributed by atoms with Gasteiger partial charge in [-0.2, -0.15) is 0 Å². The predicted octanol–water partition coefficient (Wildman–Crippen LogP) is 3.75. The standard InChI is InChI=1S/C14H22OS/c1-12(2,3)9-7-10(13(4,5)6)14(15)11(8-9)16-14/h7-8,11,15H,1-6H3. The van der Waals surface area contributed by atoms with Crippen LogP contribution in [0.2, 0.25) is 0 Å². The first-order valence-corrected chi connectivity index (χ1v) is 6.78. The van der Waals surface area contributed by atoms with Gasteiger partial charge in [0, 0.05) is 0 Å². The van der Waals surface area contributed by atoms with Crippen molar-refractivity contribution in [2.75, 3.05) is 0 Å². The van der Waals surface area contributed by atoms with Gasteiger partial charge in [0.2, 0.25) is 0 Å². The van der Waals surface area contributed by atoms with Crippen molar-refractivity contribution in [1.29, 1.82) is 0 Å². The van der Waals surface area contributed by atoms with Gasteiger partial charge in [-0.15, -0.1) is 11.8 Å². The summed E-state index contributed by atoms with van der Waals surface area (Å²) in [7, 11) is 0. The van der Waals surface area contributed by atoms with Crippen LogP contribution in [0.5, 0.6) is 0 Å². The molecule has 0 amide bonds. The molecule has 1 nitrogen and oxygen atoms in total. The Balaban J connectivity index is 2.43. The number of hydrogen-bond acceptors (Lipinski definition) is 2. The number of rotatable bonds is 0. The zero-order valence-electron chi connectivity index (χ0n) is 11.1. The van der Waals surface area contributed by atoms with Gasteiger partial charge < -0.3 is 5.11 Å². The Hall–Kier alpha value is -0.210. The van der Waals surface area contributed by atoms with E-state index in [2.05, 4.69) is 53.7 Å². The molecule has 2 heteroatoms. The van der Waals surface area contributed by atoms with E-state index in [1.807, 2.05) is 0 Å². The Kier molecular flexibility index (Phi) is 2.43. The largest absolute Gasteiger partial charge is 0.374 e. The van der Waals surface area contributed by atoms with Crippen LogP contribution in [0.25, 0.3) is 0 Å². The first kappa shape index (κ1) is 12.3. The fourth-order valence-electron chi connectivity index (χ4n) is 2.21. The minimum atomic E-state index is -0.604. The average molecular weight is 238 g/mol. The summed E-state index contributed by atoms with van der Waals surface area (Å²) in [5, 5.41) is 10.8. The number of thioether (sulfide) groups is 1. The monoisotopic (exact) mass is 238 g/mol. The fraction of sp³-hybridized carbons (Fsp3) is 0.714. The van der Waals surface area contributed by atoms with Gasteiger partial charge in [0.1, 0.15) is 4.93 Å². The Labute approximate surface area is 103 Å². The van der Waals surface area contributed by atoms with E-state index in [1.54, 1.807) is 11.8 Å². The fourth-order valence-corrected chi connectivity index (χ4v) is 3.43. The smallest absolute Gasteiger partial charge is 0.149 e. The number of allylic oxidation sites excluding steroid dienone is 2. The lowest BCUT2D eigenvalue weighted by atomic mass is 9.74. The first-order valence-electron chi connectivity index (χ1n) is 5.90. The van der Waals surface area contributed by atoms with Crippen molar-refractivity contribution in [3.8, 4) is 0 Å². The van der Waals surface area contributed by atoms with Gasteiger partial charge in [0.05, 0.1) is 5.25 Å². The van der Waals surface area contributed by atoms with Gasteiger partial charge >= 0.3 is 0 Å². The first-order chi connectivity index (χ1) is 7.05. The van der Waals surface area contributed by atoms with Gasteiger partial charge in [-0.3, -0.25) is 0 Å². The van der Waals surface area contributed by atoms with E-state index in [-0.39, 0.29) is 16.1 Å². The molecule has 2 atom stereocenters. The molecule has 1 fully saturated rings. The minimum Gasteiger partial charge on any atom is -0.374 e. The maximum Gasteiger partial charge on any atom is 0.149 e. The Morgan fingerprint density at radius 1 is 1.12 bits per heavy atom. The molecule has 1 saturated heterocycles. The Bertz CT molecular complexity index is 379. The maximum atomic E-state index is 10.5. The summed E-state index contributed by atoms with van der Waals surface area (Å²) in [6.45, 7) is 13.2. The van der Waals surface area contributed by atoms with Crippen molar-refractivity contribution < 1.29 is 5.11 Å². The average Bonchev–Trinajstić information content (AvgIpc) is 2.69. The molecule has 1 aliphatic carbocycles. The van der Waals surface area contributed by atoms with Gasteiger partial charge in [-0.1, -0.05) is 53.7 Å². The third-order valence-corrected chi connectivity index (χ3v) is 4.64. The van der Waals surface area contributed by atoms with Crippen molar-refractivity contribution in [3.05, 3.63) is 23.3 Å². The zero-order valence-corrected chi connectivity index (χ0v) is 11.9. The number of hydrogen-bond donors (Lipinski definition) is 1. The zero-order chi connectivity index (χ0) is 12.4. The van der Waals surface area contributed by atoms with Crippen LogP contribution >= 0.6 is 11.8 Å². The molecule has 2 unspecified atom stereocenters. The topological polar surface area (TPSA) is 20.2 Å². The molecule has 90 valence electrons. The molecular weight excluding hydrogens is 216 g/mol. The van der Waals surface area contributed by atoms with Crippen LogP contribution in [-0.2, 0) is 0 Å². The molecule has 0 bridgehead atoms. The molecule has 0 radical (unpaired) electrons. The van der Waals surface area contributed by atoms with E-state index >= 15 is 0 Å². The van der Waals surface area contributed by atoms with Crippen LogP contribution in [0, 0.1) is 10.8 Å². The molecule has 1 aliphatic heterocycles. The SMILES string of the molecule is CC(C)(C)C1=CC2SC2(O)C(C(C)(C)C)=C1. The third-order valence-electron chi connectivity index (χ3n) is 3.33. The van der Waals surface area contributed by atoms with Crippen molar-refractivity contribution in [2.45, 2.75) is 51.7 Å². The van der Waals surface area contributed by atoms with Crippen LogP contribution in [-0.4, -0.2) is 15.3 Å². The van der Waals surface area contributed by atoms with E-state index < -0.39 is 4.93 Å². The summed E-state index contributed by atoms with van der Waals surface area (Å²) in [5.74, 6) is 0. The quantitative estimate of drug-likeness (QED) is 0.649. The summed E-state index contributed by atoms with van der Waals surface area (Å²) < 4.78 is 0. The van der Waals surface area contributed by atoms with Crippen LogP contribution < -0.4 is 0 Å². The normalized spacial score (nSPS) is 34.1. The van der Waals surface area contributed by atoms with Crippen molar-refractivity contribution >= 4 is 11.8 Å². The molecule has 2 rings (SSSR count). The van der Waals surface area contributed by atoms with Gasteiger partial charge in [0.15, 0.2) is 0 Å². The highest BCUT2D eigenvalue weighted by Gasteiger charge is 2.60. The van der Waals surface area contributed by atoms with E-state index in [9.17, 15) is 5.11 Å². The van der Waals surface area contributed by atoms with Gasteiger partial charge in [-0.25, -0.2) is 0 Å². The molecule has 1 heterocycles. The summed E-state index contributed by atoms with van der Waals surface area (Å²) in [4.78, 5) is -0.604. The van der Waals surface area contributed by atoms with Crippen LogP contribution in [0.3, 0.4) is 0 Å². The summed E-state index contributed by atoms with van der Waals surface area (Å²) in [6, 6.07) is 0. The maximum absolute atomic E-state index is 10.5. The summed E-state index contributed by atoms with van der Waals surface area (Å²) >= 11 is 1.67. The van der Waals surface area contributed by atoms with Crippen LogP contribution in [0.15, 0.2) is 23.3 Å². The van der Waals surface area contributed by atoms with Crippen molar-refractivity contribution in [2.24, 2.45) is 10.8 Å². The van der Waals surface area contributed by atoms with Crippen molar-refractivity contribution in [3.63, 3.8) is 0 Å². The second-order valence-corrected chi connectivity index (χ2v) is 8.28. The van der Waals surface area contributed by atoms with E-state index in [4.69, 9.17) is 0 Å². The molecule has 1 N–H and O–H groups in total. The highest BCUT2D eigenvalue weighted by atomic mass is 32.2. The molecule has 0 saturated carbocycles. The van der Waals surface area contributed by atoms with Crippen LogP contribution in [0.4, 0.5) is 0 Å². The molecule has 0 aromatic rings.